The Bertz CT molecular complexity index is 407. The summed E-state index contributed by atoms with van der Waals surface area (Å²) in [6.07, 6.45) is 0. The van der Waals surface area contributed by atoms with Crippen molar-refractivity contribution in [2.75, 3.05) is 0 Å². The predicted octanol–water partition coefficient (Wildman–Crippen LogP) is 4.74. The molecule has 1 heterocycles. The SMILES string of the molecule is Brc1ccc(-c2c[c]sc2)cc1Br. The molecule has 0 unspecified atom stereocenters. The smallest absolute Gasteiger partial charge is 0.0449 e. The van der Waals surface area contributed by atoms with E-state index < -0.39 is 0 Å². The lowest BCUT2D eigenvalue weighted by Crippen LogP contribution is -1.74. The third kappa shape index (κ3) is 2.03. The van der Waals surface area contributed by atoms with Crippen LogP contribution in [0.25, 0.3) is 11.1 Å². The molecular weight excluding hydrogens is 312 g/mol. The van der Waals surface area contributed by atoms with Crippen molar-refractivity contribution in [2.45, 2.75) is 0 Å². The second-order valence-electron chi connectivity index (χ2n) is 2.58. The Hall–Kier alpha value is -0.120. The fourth-order valence-corrected chi connectivity index (χ4v) is 2.28. The van der Waals surface area contributed by atoms with Crippen LogP contribution in [0.1, 0.15) is 0 Å². The maximum absolute atomic E-state index is 3.48. The zero-order chi connectivity index (χ0) is 9.26. The van der Waals surface area contributed by atoms with Crippen molar-refractivity contribution in [1.29, 1.82) is 0 Å². The van der Waals surface area contributed by atoms with E-state index in [1.54, 1.807) is 11.3 Å². The van der Waals surface area contributed by atoms with E-state index in [4.69, 9.17) is 0 Å². The van der Waals surface area contributed by atoms with E-state index in [0.29, 0.717) is 0 Å². The Morgan fingerprint density at radius 2 is 1.92 bits per heavy atom. The van der Waals surface area contributed by atoms with Crippen molar-refractivity contribution in [3.05, 3.63) is 44.0 Å². The first-order valence-corrected chi connectivity index (χ1v) is 6.14. The van der Waals surface area contributed by atoms with Crippen molar-refractivity contribution in [2.24, 2.45) is 0 Å². The van der Waals surface area contributed by atoms with Gasteiger partial charge >= 0.3 is 0 Å². The highest BCUT2D eigenvalue weighted by molar-refractivity contribution is 9.13. The lowest BCUT2D eigenvalue weighted by molar-refractivity contribution is 1.58. The molecule has 0 fully saturated rings. The molecule has 0 N–H and O–H groups in total. The van der Waals surface area contributed by atoms with Crippen LogP contribution in [0.15, 0.2) is 38.6 Å². The third-order valence-corrected chi connectivity index (χ3v) is 4.23. The molecule has 3 heteroatoms. The average molecular weight is 317 g/mol. The maximum Gasteiger partial charge on any atom is 0.0449 e. The zero-order valence-electron chi connectivity index (χ0n) is 6.55. The minimum Gasteiger partial charge on any atom is -0.142 e. The summed E-state index contributed by atoms with van der Waals surface area (Å²) in [5.74, 6) is 0. The summed E-state index contributed by atoms with van der Waals surface area (Å²) < 4.78 is 2.16. The molecular formula is C10H5Br2S. The summed E-state index contributed by atoms with van der Waals surface area (Å²) >= 11 is 8.51. The summed E-state index contributed by atoms with van der Waals surface area (Å²) in [7, 11) is 0. The van der Waals surface area contributed by atoms with Gasteiger partial charge in [-0.05, 0) is 66.6 Å². The summed E-state index contributed by atoms with van der Waals surface area (Å²) in [6.45, 7) is 0. The minimum absolute atomic E-state index is 1.08. The Balaban J connectivity index is 2.49. The summed E-state index contributed by atoms with van der Waals surface area (Å²) in [4.78, 5) is 0. The van der Waals surface area contributed by atoms with Crippen molar-refractivity contribution in [1.82, 2.24) is 0 Å². The van der Waals surface area contributed by atoms with E-state index in [2.05, 4.69) is 54.8 Å². The number of hydrogen-bond acceptors (Lipinski definition) is 1. The molecule has 1 aromatic carbocycles. The highest BCUT2D eigenvalue weighted by Gasteiger charge is 2.01. The number of thiophene rings is 1. The van der Waals surface area contributed by atoms with Gasteiger partial charge in [0.25, 0.3) is 0 Å². The van der Waals surface area contributed by atoms with E-state index >= 15 is 0 Å². The Kier molecular flexibility index (Phi) is 2.86. The largest absolute Gasteiger partial charge is 0.142 e. The van der Waals surface area contributed by atoms with Crippen LogP contribution in [0.2, 0.25) is 0 Å². The summed E-state index contributed by atoms with van der Waals surface area (Å²) in [5.41, 5.74) is 2.44. The van der Waals surface area contributed by atoms with Crippen LogP contribution < -0.4 is 0 Å². The maximum atomic E-state index is 3.48. The molecule has 0 spiro atoms. The second kappa shape index (κ2) is 3.95. The fourth-order valence-electron chi connectivity index (χ4n) is 1.06. The van der Waals surface area contributed by atoms with Gasteiger partial charge < -0.3 is 0 Å². The molecule has 1 aromatic heterocycles. The Morgan fingerprint density at radius 3 is 2.54 bits per heavy atom. The monoisotopic (exact) mass is 315 g/mol. The molecule has 13 heavy (non-hydrogen) atoms. The second-order valence-corrected chi connectivity index (χ2v) is 5.00. The normalized spacial score (nSPS) is 10.3. The van der Waals surface area contributed by atoms with Gasteiger partial charge in [-0.15, -0.1) is 11.3 Å². The molecule has 0 saturated carbocycles. The molecule has 0 nitrogen and oxygen atoms in total. The highest BCUT2D eigenvalue weighted by Crippen LogP contribution is 2.29. The van der Waals surface area contributed by atoms with Gasteiger partial charge in [0, 0.05) is 14.3 Å². The topological polar surface area (TPSA) is 0 Å². The molecule has 2 rings (SSSR count). The van der Waals surface area contributed by atoms with E-state index in [-0.39, 0.29) is 0 Å². The summed E-state index contributed by atoms with van der Waals surface area (Å²) in [6, 6.07) is 8.22. The first-order valence-electron chi connectivity index (χ1n) is 3.67. The van der Waals surface area contributed by atoms with Crippen molar-refractivity contribution in [3.63, 3.8) is 0 Å². The number of hydrogen-bond donors (Lipinski definition) is 0. The number of rotatable bonds is 1. The van der Waals surface area contributed by atoms with Crippen LogP contribution in [-0.4, -0.2) is 0 Å². The van der Waals surface area contributed by atoms with Gasteiger partial charge in [-0.25, -0.2) is 0 Å². The van der Waals surface area contributed by atoms with Crippen LogP contribution in [-0.2, 0) is 0 Å². The average Bonchev–Trinajstić information content (AvgIpc) is 2.62. The number of benzene rings is 1. The van der Waals surface area contributed by atoms with Gasteiger partial charge in [0.1, 0.15) is 0 Å². The molecule has 0 aliphatic carbocycles. The number of halogens is 2. The Labute approximate surface area is 97.9 Å². The molecule has 0 bridgehead atoms. The molecule has 0 saturated heterocycles. The lowest BCUT2D eigenvalue weighted by Gasteiger charge is -2.00. The molecule has 1 radical (unpaired) electrons. The van der Waals surface area contributed by atoms with Crippen LogP contribution >= 0.6 is 43.2 Å². The van der Waals surface area contributed by atoms with E-state index in [1.807, 2.05) is 12.1 Å². The van der Waals surface area contributed by atoms with E-state index in [9.17, 15) is 0 Å². The van der Waals surface area contributed by atoms with Crippen molar-refractivity contribution in [3.8, 4) is 11.1 Å². The molecule has 65 valence electrons. The molecule has 0 amide bonds. The van der Waals surface area contributed by atoms with Gasteiger partial charge in [0.15, 0.2) is 0 Å². The minimum atomic E-state index is 1.08. The zero-order valence-corrected chi connectivity index (χ0v) is 10.5. The van der Waals surface area contributed by atoms with Crippen molar-refractivity contribution >= 4 is 43.2 Å². The highest BCUT2D eigenvalue weighted by atomic mass is 79.9. The summed E-state index contributed by atoms with van der Waals surface area (Å²) in [5, 5.41) is 5.17. The van der Waals surface area contributed by atoms with Gasteiger partial charge in [-0.1, -0.05) is 6.07 Å². The van der Waals surface area contributed by atoms with Crippen LogP contribution in [0.4, 0.5) is 0 Å². The Morgan fingerprint density at radius 1 is 1.08 bits per heavy atom. The third-order valence-electron chi connectivity index (χ3n) is 1.72. The lowest BCUT2D eigenvalue weighted by atomic mass is 10.1. The van der Waals surface area contributed by atoms with Crippen LogP contribution in [0.5, 0.6) is 0 Å². The quantitative estimate of drug-likeness (QED) is 0.713. The first-order chi connectivity index (χ1) is 6.27. The first kappa shape index (κ1) is 9.44. The fraction of sp³-hybridized carbons (Fsp3) is 0. The van der Waals surface area contributed by atoms with Gasteiger partial charge in [-0.3, -0.25) is 0 Å². The van der Waals surface area contributed by atoms with Gasteiger partial charge in [-0.2, -0.15) is 0 Å². The van der Waals surface area contributed by atoms with E-state index in [0.717, 1.165) is 8.95 Å². The van der Waals surface area contributed by atoms with Crippen LogP contribution in [0.3, 0.4) is 0 Å². The molecule has 0 aliphatic heterocycles. The predicted molar refractivity (Wildman–Crippen MR) is 64.0 cm³/mol. The van der Waals surface area contributed by atoms with Gasteiger partial charge in [0.05, 0.1) is 0 Å². The molecule has 2 aromatic rings. The standard InChI is InChI=1S/C10H5Br2S/c11-9-2-1-7(5-10(9)12)8-3-4-13-6-8/h1-3,5-6H. The van der Waals surface area contributed by atoms with E-state index in [1.165, 1.54) is 11.1 Å². The van der Waals surface area contributed by atoms with Crippen LogP contribution in [0, 0.1) is 5.38 Å². The van der Waals surface area contributed by atoms with Gasteiger partial charge in [0.2, 0.25) is 0 Å². The molecule has 0 aliphatic rings. The van der Waals surface area contributed by atoms with Crippen molar-refractivity contribution < 1.29 is 0 Å². The molecule has 0 atom stereocenters.